The Morgan fingerprint density at radius 1 is 0.690 bits per heavy atom. The van der Waals surface area contributed by atoms with E-state index < -0.39 is 0 Å². The molecule has 0 amide bonds. The zero-order chi connectivity index (χ0) is 21.1. The summed E-state index contributed by atoms with van der Waals surface area (Å²) in [6.45, 7) is 0. The first-order chi connectivity index (χ1) is 14.0. The van der Waals surface area contributed by atoms with Gasteiger partial charge >= 0.3 is 11.9 Å². The van der Waals surface area contributed by atoms with Crippen molar-refractivity contribution in [2.24, 2.45) is 0 Å². The number of hydrogen-bond donors (Lipinski definition) is 0. The molecule has 0 radical (unpaired) electrons. The molecule has 2 aromatic carbocycles. The predicted molar refractivity (Wildman–Crippen MR) is 111 cm³/mol. The van der Waals surface area contributed by atoms with Crippen molar-refractivity contribution in [3.8, 4) is 0 Å². The summed E-state index contributed by atoms with van der Waals surface area (Å²) in [6.07, 6.45) is 4.06. The number of methoxy groups -OCH3 is 2. The van der Waals surface area contributed by atoms with E-state index in [1.54, 1.807) is 0 Å². The number of carbonyl (C=O) groups is 3. The molecule has 0 spiro atoms. The molecule has 2 rings (SSSR count). The Kier molecular flexibility index (Phi) is 9.09. The average molecular weight is 396 g/mol. The van der Waals surface area contributed by atoms with Crippen LogP contribution in [0.15, 0.2) is 48.5 Å². The normalized spacial score (nSPS) is 10.4. The molecule has 0 aliphatic carbocycles. The van der Waals surface area contributed by atoms with Gasteiger partial charge in [-0.2, -0.15) is 0 Å². The number of benzene rings is 2. The Hall–Kier alpha value is -2.95. The quantitative estimate of drug-likeness (QED) is 0.422. The molecular weight excluding hydrogens is 368 g/mol. The molecule has 2 aromatic rings. The third-order valence-corrected chi connectivity index (χ3v) is 4.92. The number of carbonyl (C=O) groups excluding carboxylic acids is 3. The molecule has 0 atom stereocenters. The molecule has 0 aromatic heterocycles. The van der Waals surface area contributed by atoms with Crippen molar-refractivity contribution < 1.29 is 23.9 Å². The second-order valence-electron chi connectivity index (χ2n) is 6.89. The van der Waals surface area contributed by atoms with Crippen molar-refractivity contribution in [2.75, 3.05) is 14.2 Å². The van der Waals surface area contributed by atoms with Gasteiger partial charge < -0.3 is 9.47 Å². The molecular formula is C24H28O5. The van der Waals surface area contributed by atoms with Gasteiger partial charge in [-0.15, -0.1) is 0 Å². The lowest BCUT2D eigenvalue weighted by Gasteiger charge is -2.10. The number of ketones is 1. The minimum Gasteiger partial charge on any atom is -0.469 e. The first-order valence-electron chi connectivity index (χ1n) is 9.86. The van der Waals surface area contributed by atoms with E-state index in [4.69, 9.17) is 4.74 Å². The molecule has 0 saturated carbocycles. The minimum atomic E-state index is -0.375. The summed E-state index contributed by atoms with van der Waals surface area (Å²) in [7, 11) is 2.73. The van der Waals surface area contributed by atoms with Crippen LogP contribution in [0, 0.1) is 0 Å². The lowest BCUT2D eigenvalue weighted by atomic mass is 9.96. The van der Waals surface area contributed by atoms with Gasteiger partial charge in [0.15, 0.2) is 5.78 Å². The summed E-state index contributed by atoms with van der Waals surface area (Å²) in [4.78, 5) is 34.6. The fraction of sp³-hybridized carbons (Fsp3) is 0.375. The first-order valence-corrected chi connectivity index (χ1v) is 9.86. The van der Waals surface area contributed by atoms with Crippen LogP contribution in [0.1, 0.15) is 52.7 Å². The van der Waals surface area contributed by atoms with E-state index in [0.29, 0.717) is 12.0 Å². The topological polar surface area (TPSA) is 69.7 Å². The largest absolute Gasteiger partial charge is 0.469 e. The van der Waals surface area contributed by atoms with Gasteiger partial charge in [-0.05, 0) is 42.4 Å². The first kappa shape index (κ1) is 22.3. The standard InChI is InChI=1S/C24H28O5/c1-28-23(26)9-5-8-19-6-3-4-7-20(19)13-10-18-11-14-21(15-12-18)22(25)16-17-24(27)29-2/h3-4,6-7,11-12,14-15H,5,8-10,13,16-17H2,1-2H3. The highest BCUT2D eigenvalue weighted by Crippen LogP contribution is 2.16. The highest BCUT2D eigenvalue weighted by atomic mass is 16.5. The molecule has 5 heteroatoms. The molecule has 0 bridgehead atoms. The van der Waals surface area contributed by atoms with E-state index in [1.807, 2.05) is 36.4 Å². The van der Waals surface area contributed by atoms with Crippen LogP contribution in [0.2, 0.25) is 0 Å². The Balaban J connectivity index is 1.89. The average Bonchev–Trinajstić information content (AvgIpc) is 2.76. The molecule has 0 N–H and O–H groups in total. The summed E-state index contributed by atoms with van der Waals surface area (Å²) >= 11 is 0. The van der Waals surface area contributed by atoms with Crippen molar-refractivity contribution in [1.29, 1.82) is 0 Å². The monoisotopic (exact) mass is 396 g/mol. The van der Waals surface area contributed by atoms with Gasteiger partial charge in [0, 0.05) is 18.4 Å². The Morgan fingerprint density at radius 3 is 1.90 bits per heavy atom. The molecule has 0 aliphatic heterocycles. The van der Waals surface area contributed by atoms with Crippen LogP contribution in [0.3, 0.4) is 0 Å². The third-order valence-electron chi connectivity index (χ3n) is 4.92. The van der Waals surface area contributed by atoms with Gasteiger partial charge in [-0.25, -0.2) is 0 Å². The summed E-state index contributed by atoms with van der Waals surface area (Å²) < 4.78 is 9.26. The van der Waals surface area contributed by atoms with Crippen molar-refractivity contribution in [1.82, 2.24) is 0 Å². The third kappa shape index (κ3) is 7.53. The van der Waals surface area contributed by atoms with Crippen molar-refractivity contribution in [3.05, 3.63) is 70.8 Å². The van der Waals surface area contributed by atoms with Gasteiger partial charge in [0.25, 0.3) is 0 Å². The zero-order valence-electron chi connectivity index (χ0n) is 17.1. The van der Waals surface area contributed by atoms with Gasteiger partial charge in [-0.3, -0.25) is 14.4 Å². The van der Waals surface area contributed by atoms with Crippen molar-refractivity contribution >= 4 is 17.7 Å². The number of ether oxygens (including phenoxy) is 2. The van der Waals surface area contributed by atoms with E-state index in [-0.39, 0.29) is 30.6 Å². The lowest BCUT2D eigenvalue weighted by molar-refractivity contribution is -0.141. The van der Waals surface area contributed by atoms with Gasteiger partial charge in [0.2, 0.25) is 0 Å². The molecule has 0 fully saturated rings. The second-order valence-corrected chi connectivity index (χ2v) is 6.89. The Morgan fingerprint density at radius 2 is 1.28 bits per heavy atom. The summed E-state index contributed by atoms with van der Waals surface area (Å²) in [5.74, 6) is -0.609. The summed E-state index contributed by atoms with van der Waals surface area (Å²) in [6, 6.07) is 15.8. The molecule has 0 saturated heterocycles. The number of esters is 2. The van der Waals surface area contributed by atoms with Gasteiger partial charge in [0.05, 0.1) is 20.6 Å². The van der Waals surface area contributed by atoms with Crippen LogP contribution in [0.4, 0.5) is 0 Å². The number of aryl methyl sites for hydroxylation is 3. The number of Topliss-reactive ketones (excluding diaryl/α,β-unsaturated/α-hetero) is 1. The minimum absolute atomic E-state index is 0.0575. The molecule has 154 valence electrons. The lowest BCUT2D eigenvalue weighted by Crippen LogP contribution is -2.06. The highest BCUT2D eigenvalue weighted by molar-refractivity contribution is 5.97. The van der Waals surface area contributed by atoms with Gasteiger partial charge in [0.1, 0.15) is 0 Å². The SMILES string of the molecule is COC(=O)CCCc1ccccc1CCc1ccc(C(=O)CCC(=O)OC)cc1. The predicted octanol–water partition coefficient (Wildman–Crippen LogP) is 4.10. The molecule has 0 aliphatic rings. The molecule has 29 heavy (non-hydrogen) atoms. The number of rotatable bonds is 11. The van der Waals surface area contributed by atoms with Crippen LogP contribution in [-0.2, 0) is 38.3 Å². The van der Waals surface area contributed by atoms with E-state index in [9.17, 15) is 14.4 Å². The van der Waals surface area contributed by atoms with Crippen molar-refractivity contribution in [2.45, 2.75) is 44.9 Å². The zero-order valence-corrected chi connectivity index (χ0v) is 17.1. The van der Waals surface area contributed by atoms with Crippen LogP contribution < -0.4 is 0 Å². The second kappa shape index (κ2) is 11.8. The van der Waals surface area contributed by atoms with Crippen molar-refractivity contribution in [3.63, 3.8) is 0 Å². The number of hydrogen-bond acceptors (Lipinski definition) is 5. The highest BCUT2D eigenvalue weighted by Gasteiger charge is 2.10. The maximum Gasteiger partial charge on any atom is 0.305 e. The Bertz CT molecular complexity index is 823. The van der Waals surface area contributed by atoms with Crippen LogP contribution in [0.25, 0.3) is 0 Å². The van der Waals surface area contributed by atoms with Crippen LogP contribution >= 0.6 is 0 Å². The molecule has 5 nitrogen and oxygen atoms in total. The summed E-state index contributed by atoms with van der Waals surface area (Å²) in [5.41, 5.74) is 4.29. The van der Waals surface area contributed by atoms with Gasteiger partial charge in [-0.1, -0.05) is 48.5 Å². The van der Waals surface area contributed by atoms with E-state index in [0.717, 1.165) is 31.2 Å². The smallest absolute Gasteiger partial charge is 0.305 e. The summed E-state index contributed by atoms with van der Waals surface area (Å²) in [5, 5.41) is 0. The van der Waals surface area contributed by atoms with E-state index in [1.165, 1.54) is 25.3 Å². The van der Waals surface area contributed by atoms with E-state index >= 15 is 0 Å². The fourth-order valence-corrected chi connectivity index (χ4v) is 3.17. The maximum absolute atomic E-state index is 12.1. The fourth-order valence-electron chi connectivity index (χ4n) is 3.17. The Labute approximate surface area is 172 Å². The van der Waals surface area contributed by atoms with Crippen LogP contribution in [0.5, 0.6) is 0 Å². The maximum atomic E-state index is 12.1. The van der Waals surface area contributed by atoms with E-state index in [2.05, 4.69) is 16.9 Å². The molecule has 0 heterocycles. The van der Waals surface area contributed by atoms with Crippen LogP contribution in [-0.4, -0.2) is 31.9 Å². The molecule has 0 unspecified atom stereocenters.